The summed E-state index contributed by atoms with van der Waals surface area (Å²) in [5.41, 5.74) is 0.886. The molecule has 3 heteroatoms. The topological polar surface area (TPSA) is 9.23 Å². The zero-order chi connectivity index (χ0) is 10.6. The van der Waals surface area contributed by atoms with Gasteiger partial charge in [0.1, 0.15) is 5.75 Å². The summed E-state index contributed by atoms with van der Waals surface area (Å²) in [6.45, 7) is 5.84. The Kier molecular flexibility index (Phi) is 4.65. The van der Waals surface area contributed by atoms with Gasteiger partial charge in [-0.3, -0.25) is 4.39 Å². The molecule has 0 amide bonds. The summed E-state index contributed by atoms with van der Waals surface area (Å²) < 4.78 is 18.8. The molecule has 1 aromatic carbocycles. The fourth-order valence-electron chi connectivity index (χ4n) is 1.13. The molecule has 1 aromatic rings. The quantitative estimate of drug-likeness (QED) is 0.773. The van der Waals surface area contributed by atoms with Crippen LogP contribution in [0.1, 0.15) is 18.4 Å². The molecule has 0 bridgehead atoms. The molecular weight excluding hydrogens is 294 g/mol. The Balaban J connectivity index is 2.93. The first-order valence-electron chi connectivity index (χ1n) is 4.50. The van der Waals surface area contributed by atoms with Crippen LogP contribution in [0, 0.1) is 10.5 Å². The van der Waals surface area contributed by atoms with Gasteiger partial charge in [-0.25, -0.2) is 0 Å². The summed E-state index contributed by atoms with van der Waals surface area (Å²) >= 11 is 2.20. The van der Waals surface area contributed by atoms with Crippen LogP contribution >= 0.6 is 22.6 Å². The molecule has 0 heterocycles. The summed E-state index contributed by atoms with van der Waals surface area (Å²) in [5.74, 6) is 0.513. The second kappa shape index (κ2) is 5.53. The third-order valence-corrected chi connectivity index (χ3v) is 2.80. The molecule has 1 atom stereocenters. The van der Waals surface area contributed by atoms with Crippen LogP contribution in [0.5, 0.6) is 5.75 Å². The molecule has 0 aliphatic rings. The Morgan fingerprint density at radius 3 is 2.86 bits per heavy atom. The van der Waals surface area contributed by atoms with E-state index in [0.717, 1.165) is 14.9 Å². The third kappa shape index (κ3) is 2.83. The van der Waals surface area contributed by atoms with Crippen molar-refractivity contribution in [2.75, 3.05) is 13.3 Å². The summed E-state index contributed by atoms with van der Waals surface area (Å²) in [5, 5.41) is 0. The van der Waals surface area contributed by atoms with Gasteiger partial charge in [0.05, 0.1) is 16.9 Å². The van der Waals surface area contributed by atoms with Crippen LogP contribution < -0.4 is 4.74 Å². The maximum absolute atomic E-state index is 12.4. The van der Waals surface area contributed by atoms with Crippen LogP contribution in [0.4, 0.5) is 4.39 Å². The molecule has 0 saturated heterocycles. The van der Waals surface area contributed by atoms with Crippen LogP contribution in [0.2, 0.25) is 0 Å². The van der Waals surface area contributed by atoms with E-state index >= 15 is 0 Å². The predicted molar refractivity (Wildman–Crippen MR) is 64.4 cm³/mol. The fraction of sp³-hybridized carbons (Fsp3) is 0.364. The summed E-state index contributed by atoms with van der Waals surface area (Å²) in [7, 11) is 0. The Morgan fingerprint density at radius 1 is 1.57 bits per heavy atom. The molecule has 0 spiro atoms. The van der Waals surface area contributed by atoms with E-state index in [1.807, 2.05) is 25.1 Å². The lowest BCUT2D eigenvalue weighted by Crippen LogP contribution is -1.99. The van der Waals surface area contributed by atoms with Gasteiger partial charge in [0.25, 0.3) is 0 Å². The minimum Gasteiger partial charge on any atom is -0.493 e. The van der Waals surface area contributed by atoms with Gasteiger partial charge in [-0.15, -0.1) is 0 Å². The van der Waals surface area contributed by atoms with Crippen LogP contribution in [0.15, 0.2) is 18.2 Å². The number of rotatable bonds is 4. The lowest BCUT2D eigenvalue weighted by molar-refractivity contribution is 0.337. The Hall–Kier alpha value is -0.320. The van der Waals surface area contributed by atoms with Crippen molar-refractivity contribution in [1.82, 2.24) is 0 Å². The number of hydrogen-bond donors (Lipinski definition) is 0. The normalized spacial score (nSPS) is 12.6. The molecular formula is C11H13FIO. The van der Waals surface area contributed by atoms with Crippen LogP contribution in [0.3, 0.4) is 0 Å². The largest absolute Gasteiger partial charge is 0.493 e. The first kappa shape index (κ1) is 11.8. The molecule has 0 fully saturated rings. The lowest BCUT2D eigenvalue weighted by Gasteiger charge is -2.11. The van der Waals surface area contributed by atoms with E-state index in [1.54, 1.807) is 0 Å². The lowest BCUT2D eigenvalue weighted by atomic mass is 10.0. The first-order valence-corrected chi connectivity index (χ1v) is 5.58. The second-order valence-corrected chi connectivity index (χ2v) is 4.14. The van der Waals surface area contributed by atoms with Crippen molar-refractivity contribution in [2.24, 2.45) is 0 Å². The van der Waals surface area contributed by atoms with Gasteiger partial charge in [-0.1, -0.05) is 6.07 Å². The Morgan fingerprint density at radius 2 is 2.29 bits per heavy atom. The standard InChI is InChI=1S/C11H13FIO/c1-3-14-11-6-9(8(2)7-12)4-5-10(11)13/h4-6,8H,2-3,7H2,1H3. The highest BCUT2D eigenvalue weighted by Gasteiger charge is 2.08. The first-order chi connectivity index (χ1) is 6.69. The van der Waals surface area contributed by atoms with Gasteiger partial charge in [0.2, 0.25) is 0 Å². The molecule has 0 aliphatic heterocycles. The smallest absolute Gasteiger partial charge is 0.132 e. The Bertz CT molecular complexity index is 301. The van der Waals surface area contributed by atoms with Gasteiger partial charge >= 0.3 is 0 Å². The molecule has 77 valence electrons. The Labute approximate surface area is 97.8 Å². The molecule has 0 aromatic heterocycles. The fourth-order valence-corrected chi connectivity index (χ4v) is 1.62. The van der Waals surface area contributed by atoms with E-state index in [1.165, 1.54) is 0 Å². The molecule has 0 aliphatic carbocycles. The predicted octanol–water partition coefficient (Wildman–Crippen LogP) is 3.58. The van der Waals surface area contributed by atoms with Gasteiger partial charge in [0.15, 0.2) is 0 Å². The number of alkyl halides is 1. The van der Waals surface area contributed by atoms with Crippen molar-refractivity contribution in [3.63, 3.8) is 0 Å². The van der Waals surface area contributed by atoms with Crippen molar-refractivity contribution in [1.29, 1.82) is 0 Å². The monoisotopic (exact) mass is 307 g/mol. The summed E-state index contributed by atoms with van der Waals surface area (Å²) in [4.78, 5) is 0. The number of benzene rings is 1. The molecule has 1 nitrogen and oxygen atoms in total. The van der Waals surface area contributed by atoms with E-state index in [4.69, 9.17) is 4.74 Å². The molecule has 14 heavy (non-hydrogen) atoms. The highest BCUT2D eigenvalue weighted by molar-refractivity contribution is 14.1. The molecule has 0 saturated carbocycles. The maximum Gasteiger partial charge on any atom is 0.132 e. The SMILES string of the molecule is [CH2]C(CF)c1ccc(I)c(OCC)c1. The van der Waals surface area contributed by atoms with E-state index < -0.39 is 6.67 Å². The molecule has 0 N–H and O–H groups in total. The van der Waals surface area contributed by atoms with Crippen molar-refractivity contribution >= 4 is 22.6 Å². The summed E-state index contributed by atoms with van der Waals surface area (Å²) in [6.07, 6.45) is 0. The average Bonchev–Trinajstić information content (AvgIpc) is 2.20. The third-order valence-electron chi connectivity index (χ3n) is 1.91. The highest BCUT2D eigenvalue weighted by Crippen LogP contribution is 2.26. The van der Waals surface area contributed by atoms with Crippen molar-refractivity contribution in [3.8, 4) is 5.75 Å². The van der Waals surface area contributed by atoms with E-state index in [2.05, 4.69) is 29.5 Å². The van der Waals surface area contributed by atoms with Gasteiger partial charge in [-0.2, -0.15) is 0 Å². The number of hydrogen-bond acceptors (Lipinski definition) is 1. The number of halogens is 2. The minimum atomic E-state index is -0.438. The zero-order valence-electron chi connectivity index (χ0n) is 8.09. The van der Waals surface area contributed by atoms with E-state index in [9.17, 15) is 4.39 Å². The van der Waals surface area contributed by atoms with Gasteiger partial charge in [0, 0.05) is 5.92 Å². The van der Waals surface area contributed by atoms with Crippen LogP contribution in [-0.2, 0) is 0 Å². The molecule has 1 unspecified atom stereocenters. The van der Waals surface area contributed by atoms with Gasteiger partial charge < -0.3 is 4.74 Å². The highest BCUT2D eigenvalue weighted by atomic mass is 127. The van der Waals surface area contributed by atoms with Crippen molar-refractivity contribution in [2.45, 2.75) is 12.8 Å². The van der Waals surface area contributed by atoms with Crippen LogP contribution in [-0.4, -0.2) is 13.3 Å². The minimum absolute atomic E-state index is 0.300. The van der Waals surface area contributed by atoms with Crippen LogP contribution in [0.25, 0.3) is 0 Å². The number of ether oxygens (including phenoxy) is 1. The summed E-state index contributed by atoms with van der Waals surface area (Å²) in [6, 6.07) is 5.68. The van der Waals surface area contributed by atoms with Crippen molar-refractivity contribution in [3.05, 3.63) is 34.3 Å². The zero-order valence-corrected chi connectivity index (χ0v) is 10.3. The average molecular weight is 307 g/mol. The molecule has 1 rings (SSSR count). The van der Waals surface area contributed by atoms with Crippen molar-refractivity contribution < 1.29 is 9.13 Å². The van der Waals surface area contributed by atoms with E-state index in [-0.39, 0.29) is 5.92 Å². The maximum atomic E-state index is 12.4. The molecule has 1 radical (unpaired) electrons. The second-order valence-electron chi connectivity index (χ2n) is 2.97. The van der Waals surface area contributed by atoms with E-state index in [0.29, 0.717) is 6.61 Å². The van der Waals surface area contributed by atoms with Gasteiger partial charge in [-0.05, 0) is 54.1 Å².